The highest BCUT2D eigenvalue weighted by Gasteiger charge is 2.33. The van der Waals surface area contributed by atoms with Crippen LogP contribution in [0.3, 0.4) is 0 Å². The van der Waals surface area contributed by atoms with Gasteiger partial charge in [-0.1, -0.05) is 0 Å². The number of aliphatic hydroxyl groups is 1. The molecule has 2 aliphatic rings. The number of aliphatic hydroxyl groups excluding tert-OH is 1. The van der Waals surface area contributed by atoms with Crippen LogP contribution in [0.1, 0.15) is 56.3 Å². The van der Waals surface area contributed by atoms with Crippen LogP contribution in [0.25, 0.3) is 4.96 Å². The van der Waals surface area contributed by atoms with Gasteiger partial charge < -0.3 is 5.11 Å². The van der Waals surface area contributed by atoms with Crippen molar-refractivity contribution in [2.75, 3.05) is 6.54 Å². The smallest absolute Gasteiger partial charge is 0.194 e. The van der Waals surface area contributed by atoms with Gasteiger partial charge in [-0.2, -0.15) is 0 Å². The number of hydrogen-bond donors (Lipinski definition) is 1. The molecule has 2 fully saturated rings. The second kappa shape index (κ2) is 5.38. The Labute approximate surface area is 129 Å². The Morgan fingerprint density at radius 1 is 1.43 bits per heavy atom. The largest absolute Gasteiger partial charge is 0.393 e. The van der Waals surface area contributed by atoms with Crippen molar-refractivity contribution in [3.8, 4) is 0 Å². The van der Waals surface area contributed by atoms with Crippen LogP contribution in [0.4, 0.5) is 0 Å². The molecule has 4 nitrogen and oxygen atoms in total. The van der Waals surface area contributed by atoms with E-state index in [1.165, 1.54) is 37.1 Å². The second-order valence-corrected chi connectivity index (χ2v) is 7.50. The fourth-order valence-corrected chi connectivity index (χ4v) is 4.39. The average Bonchev–Trinajstić information content (AvgIpc) is 2.88. The maximum absolute atomic E-state index is 9.71. The summed E-state index contributed by atoms with van der Waals surface area (Å²) < 4.78 is 2.29. The molecule has 1 saturated carbocycles. The summed E-state index contributed by atoms with van der Waals surface area (Å²) in [7, 11) is 0. The molecule has 1 N–H and O–H groups in total. The van der Waals surface area contributed by atoms with E-state index in [-0.39, 0.29) is 6.10 Å². The molecule has 2 atom stereocenters. The fraction of sp³-hybridized carbons (Fsp3) is 0.688. The summed E-state index contributed by atoms with van der Waals surface area (Å²) in [6, 6.07) is 0.529. The van der Waals surface area contributed by atoms with E-state index in [1.54, 1.807) is 11.3 Å². The zero-order valence-corrected chi connectivity index (χ0v) is 13.4. The summed E-state index contributed by atoms with van der Waals surface area (Å²) in [5.41, 5.74) is 2.73. The van der Waals surface area contributed by atoms with Crippen molar-refractivity contribution < 1.29 is 5.11 Å². The van der Waals surface area contributed by atoms with Crippen molar-refractivity contribution in [2.24, 2.45) is 0 Å². The maximum atomic E-state index is 9.71. The van der Waals surface area contributed by atoms with Gasteiger partial charge in [-0.3, -0.25) is 9.30 Å². The number of imidazole rings is 1. The van der Waals surface area contributed by atoms with Gasteiger partial charge in [0.25, 0.3) is 0 Å². The Kier molecular flexibility index (Phi) is 3.52. The molecule has 3 heterocycles. The number of aromatic nitrogens is 2. The molecule has 0 aromatic carbocycles. The monoisotopic (exact) mass is 305 g/mol. The molecule has 1 aliphatic heterocycles. The van der Waals surface area contributed by atoms with E-state index in [4.69, 9.17) is 4.98 Å². The Balaban J connectivity index is 1.60. The van der Waals surface area contributed by atoms with Gasteiger partial charge in [-0.15, -0.1) is 11.3 Å². The van der Waals surface area contributed by atoms with Gasteiger partial charge >= 0.3 is 0 Å². The molecule has 1 saturated heterocycles. The zero-order valence-electron chi connectivity index (χ0n) is 12.5. The number of likely N-dealkylation sites (tertiary alicyclic amines) is 1. The van der Waals surface area contributed by atoms with Crippen molar-refractivity contribution in [1.29, 1.82) is 0 Å². The molecule has 2 unspecified atom stereocenters. The van der Waals surface area contributed by atoms with Gasteiger partial charge in [-0.05, 0) is 45.6 Å². The van der Waals surface area contributed by atoms with Crippen LogP contribution in [0.5, 0.6) is 0 Å². The number of thiazole rings is 1. The van der Waals surface area contributed by atoms with E-state index >= 15 is 0 Å². The average molecular weight is 305 g/mol. The lowest BCUT2D eigenvalue weighted by atomic mass is 10.1. The third kappa shape index (κ3) is 2.62. The summed E-state index contributed by atoms with van der Waals surface area (Å²) in [6.45, 7) is 4.04. The standard InChI is InChI=1S/C16H23N3OS/c1-11(20)9-13-3-2-6-18(13)10-14-15(12-4-5-12)17-16-19(14)7-8-21-16/h7-8,11-13,20H,2-6,9-10H2,1H3. The predicted molar refractivity (Wildman–Crippen MR) is 84.8 cm³/mol. The minimum Gasteiger partial charge on any atom is -0.393 e. The molecule has 114 valence electrons. The summed E-state index contributed by atoms with van der Waals surface area (Å²) in [4.78, 5) is 8.56. The van der Waals surface area contributed by atoms with Gasteiger partial charge in [-0.25, -0.2) is 4.98 Å². The minimum atomic E-state index is -0.204. The number of rotatable bonds is 5. The molecular weight excluding hydrogens is 282 g/mol. The van der Waals surface area contributed by atoms with Gasteiger partial charge in [0.1, 0.15) is 0 Å². The molecule has 2 aromatic heterocycles. The van der Waals surface area contributed by atoms with Crippen molar-refractivity contribution in [2.45, 2.75) is 63.6 Å². The van der Waals surface area contributed by atoms with Crippen molar-refractivity contribution in [1.82, 2.24) is 14.3 Å². The number of hydrogen-bond acceptors (Lipinski definition) is 4. The molecule has 0 radical (unpaired) electrons. The Morgan fingerprint density at radius 3 is 3.05 bits per heavy atom. The van der Waals surface area contributed by atoms with Gasteiger partial charge in [0.05, 0.1) is 17.5 Å². The van der Waals surface area contributed by atoms with Crippen molar-refractivity contribution in [3.05, 3.63) is 23.0 Å². The molecule has 0 spiro atoms. The van der Waals surface area contributed by atoms with Crippen molar-refractivity contribution in [3.63, 3.8) is 0 Å². The summed E-state index contributed by atoms with van der Waals surface area (Å²) >= 11 is 1.73. The molecular formula is C16H23N3OS. The van der Waals surface area contributed by atoms with Gasteiger partial charge in [0, 0.05) is 30.1 Å². The predicted octanol–water partition coefficient (Wildman–Crippen LogP) is 3.01. The van der Waals surface area contributed by atoms with Gasteiger partial charge in [0.2, 0.25) is 0 Å². The topological polar surface area (TPSA) is 40.8 Å². The fourth-order valence-electron chi connectivity index (χ4n) is 3.65. The quantitative estimate of drug-likeness (QED) is 0.923. The summed E-state index contributed by atoms with van der Waals surface area (Å²) in [5.74, 6) is 0.699. The molecule has 0 amide bonds. The molecule has 1 aliphatic carbocycles. The minimum absolute atomic E-state index is 0.204. The zero-order chi connectivity index (χ0) is 14.4. The summed E-state index contributed by atoms with van der Waals surface area (Å²) in [5, 5.41) is 11.8. The van der Waals surface area contributed by atoms with E-state index in [0.29, 0.717) is 12.0 Å². The second-order valence-electron chi connectivity index (χ2n) is 6.62. The van der Waals surface area contributed by atoms with Gasteiger partial charge in [0.15, 0.2) is 4.96 Å². The SMILES string of the molecule is CC(O)CC1CCCN1Cc1c(C2CC2)nc2sccn12. The van der Waals surface area contributed by atoms with E-state index < -0.39 is 0 Å². The molecule has 2 aromatic rings. The molecule has 5 heteroatoms. The van der Waals surface area contributed by atoms with Crippen LogP contribution in [0, 0.1) is 0 Å². The van der Waals surface area contributed by atoms with Crippen LogP contribution < -0.4 is 0 Å². The third-order valence-electron chi connectivity index (χ3n) is 4.82. The lowest BCUT2D eigenvalue weighted by Gasteiger charge is -2.25. The Morgan fingerprint density at radius 2 is 2.29 bits per heavy atom. The first-order valence-electron chi connectivity index (χ1n) is 8.09. The molecule has 0 bridgehead atoms. The third-order valence-corrected chi connectivity index (χ3v) is 5.58. The van der Waals surface area contributed by atoms with E-state index in [0.717, 1.165) is 24.5 Å². The van der Waals surface area contributed by atoms with Crippen LogP contribution in [-0.4, -0.2) is 38.1 Å². The van der Waals surface area contributed by atoms with E-state index in [2.05, 4.69) is 20.9 Å². The first-order chi connectivity index (χ1) is 10.2. The van der Waals surface area contributed by atoms with Crippen LogP contribution in [0.2, 0.25) is 0 Å². The van der Waals surface area contributed by atoms with E-state index in [9.17, 15) is 5.11 Å². The van der Waals surface area contributed by atoms with E-state index in [1.807, 2.05) is 6.92 Å². The van der Waals surface area contributed by atoms with Crippen molar-refractivity contribution >= 4 is 16.3 Å². The lowest BCUT2D eigenvalue weighted by Crippen LogP contribution is -2.32. The molecule has 4 rings (SSSR count). The van der Waals surface area contributed by atoms with Crippen LogP contribution in [0.15, 0.2) is 11.6 Å². The molecule has 21 heavy (non-hydrogen) atoms. The Bertz CT molecular complexity index is 629. The number of fused-ring (bicyclic) bond motifs is 1. The maximum Gasteiger partial charge on any atom is 0.194 e. The van der Waals surface area contributed by atoms with Crippen LogP contribution in [-0.2, 0) is 6.54 Å². The Hall–Kier alpha value is -0.910. The first kappa shape index (κ1) is 13.7. The highest BCUT2D eigenvalue weighted by molar-refractivity contribution is 7.15. The number of nitrogens with zero attached hydrogens (tertiary/aromatic N) is 3. The lowest BCUT2D eigenvalue weighted by molar-refractivity contribution is 0.130. The summed E-state index contributed by atoms with van der Waals surface area (Å²) in [6.07, 6.45) is 7.92. The normalized spacial score (nSPS) is 25.0. The van der Waals surface area contributed by atoms with Crippen LogP contribution >= 0.6 is 11.3 Å². The highest BCUT2D eigenvalue weighted by atomic mass is 32.1. The highest BCUT2D eigenvalue weighted by Crippen LogP contribution is 2.42. The first-order valence-corrected chi connectivity index (χ1v) is 8.97.